The monoisotopic (exact) mass is 364 g/mol. The number of hydrogen-bond acceptors (Lipinski definition) is 5. The summed E-state index contributed by atoms with van der Waals surface area (Å²) < 4.78 is 32.5. The molecule has 0 spiro atoms. The van der Waals surface area contributed by atoms with Gasteiger partial charge in [-0.3, -0.25) is 4.31 Å². The highest BCUT2D eigenvalue weighted by Crippen LogP contribution is 2.26. The number of hydrogen-bond donors (Lipinski definition) is 1. The molecule has 0 aliphatic carbocycles. The number of sulfonamides is 1. The van der Waals surface area contributed by atoms with E-state index in [-0.39, 0.29) is 11.4 Å². The maximum absolute atomic E-state index is 13.1. The molecule has 1 atom stereocenters. The average molecular weight is 364 g/mol. The topological polar surface area (TPSA) is 70.1 Å². The zero-order chi connectivity index (χ0) is 18.4. The Morgan fingerprint density at radius 2 is 1.60 bits per heavy atom. The van der Waals surface area contributed by atoms with Gasteiger partial charge in [-0.2, -0.15) is 0 Å². The molecule has 0 heterocycles. The summed E-state index contributed by atoms with van der Waals surface area (Å²) in [6.07, 6.45) is -0.824. The first-order valence-corrected chi connectivity index (χ1v) is 9.33. The van der Waals surface area contributed by atoms with Crippen LogP contribution in [-0.2, 0) is 10.0 Å². The van der Waals surface area contributed by atoms with Crippen molar-refractivity contribution < 1.29 is 18.3 Å². The van der Waals surface area contributed by atoms with Crippen molar-refractivity contribution in [2.24, 2.45) is 0 Å². The van der Waals surface area contributed by atoms with Gasteiger partial charge >= 0.3 is 0 Å². The van der Waals surface area contributed by atoms with Gasteiger partial charge in [0, 0.05) is 6.54 Å². The van der Waals surface area contributed by atoms with E-state index >= 15 is 0 Å². The molecule has 0 fully saturated rings. The number of likely N-dealkylation sites (N-methyl/N-ethyl adjacent to an activating group) is 1. The van der Waals surface area contributed by atoms with E-state index in [2.05, 4.69) is 0 Å². The van der Waals surface area contributed by atoms with Gasteiger partial charge in [-0.25, -0.2) is 8.42 Å². The molecule has 6 nitrogen and oxygen atoms in total. The van der Waals surface area contributed by atoms with Crippen molar-refractivity contribution in [3.05, 3.63) is 54.6 Å². The first-order chi connectivity index (χ1) is 11.8. The molecule has 0 amide bonds. The summed E-state index contributed by atoms with van der Waals surface area (Å²) in [7, 11) is 1.41. The van der Waals surface area contributed by atoms with Gasteiger partial charge in [0.1, 0.15) is 5.75 Å². The van der Waals surface area contributed by atoms with Gasteiger partial charge in [0.15, 0.2) is 0 Å². The highest BCUT2D eigenvalue weighted by atomic mass is 32.2. The number of ether oxygens (including phenoxy) is 1. The zero-order valence-corrected chi connectivity index (χ0v) is 15.5. The molecule has 136 valence electrons. The van der Waals surface area contributed by atoms with E-state index < -0.39 is 16.1 Å². The molecular formula is C18H24N2O4S. The lowest BCUT2D eigenvalue weighted by Gasteiger charge is -2.28. The second-order valence-electron chi connectivity index (χ2n) is 5.96. The van der Waals surface area contributed by atoms with Crippen molar-refractivity contribution in [3.8, 4) is 5.75 Å². The van der Waals surface area contributed by atoms with Gasteiger partial charge in [-0.1, -0.05) is 18.2 Å². The minimum absolute atomic E-state index is 0.0399. The minimum atomic E-state index is -3.79. The van der Waals surface area contributed by atoms with Gasteiger partial charge in [0.05, 0.1) is 30.3 Å². The van der Waals surface area contributed by atoms with Crippen molar-refractivity contribution in [3.63, 3.8) is 0 Å². The fourth-order valence-corrected chi connectivity index (χ4v) is 4.00. The number of benzene rings is 2. The Labute approximate surface area is 149 Å². The summed E-state index contributed by atoms with van der Waals surface area (Å²) in [6, 6.07) is 14.9. The van der Waals surface area contributed by atoms with E-state index in [4.69, 9.17) is 4.74 Å². The van der Waals surface area contributed by atoms with Crippen LogP contribution >= 0.6 is 0 Å². The third-order valence-electron chi connectivity index (χ3n) is 3.64. The summed E-state index contributed by atoms with van der Waals surface area (Å²) in [6.45, 7) is 0.318. The minimum Gasteiger partial charge on any atom is -0.497 e. The molecular weight excluding hydrogens is 340 g/mol. The van der Waals surface area contributed by atoms with Gasteiger partial charge in [0.2, 0.25) is 0 Å². The Bertz CT molecular complexity index is 761. The average Bonchev–Trinajstić information content (AvgIpc) is 2.60. The van der Waals surface area contributed by atoms with Crippen molar-refractivity contribution in [1.29, 1.82) is 0 Å². The van der Waals surface area contributed by atoms with E-state index in [1.807, 2.05) is 19.0 Å². The highest BCUT2D eigenvalue weighted by Gasteiger charge is 2.27. The summed E-state index contributed by atoms with van der Waals surface area (Å²) in [5.41, 5.74) is 0.474. The largest absolute Gasteiger partial charge is 0.497 e. The first-order valence-electron chi connectivity index (χ1n) is 7.89. The van der Waals surface area contributed by atoms with Gasteiger partial charge < -0.3 is 14.7 Å². The third kappa shape index (κ3) is 4.94. The summed E-state index contributed by atoms with van der Waals surface area (Å²) in [4.78, 5) is 1.99. The fraction of sp³-hybridized carbons (Fsp3) is 0.333. The molecule has 2 rings (SSSR count). The quantitative estimate of drug-likeness (QED) is 0.774. The zero-order valence-electron chi connectivity index (χ0n) is 14.7. The van der Waals surface area contributed by atoms with Crippen LogP contribution in [0.1, 0.15) is 0 Å². The standard InChI is InChI=1S/C18H24N2O4S/c1-19(2)13-16(21)14-20(15-9-11-17(24-3)12-10-15)25(22,23)18-7-5-4-6-8-18/h4-12,16,21H,13-14H2,1-3H3/t16-/m0/s1. The smallest absolute Gasteiger partial charge is 0.264 e. The molecule has 0 aliphatic rings. The third-order valence-corrected chi connectivity index (χ3v) is 5.45. The van der Waals surface area contributed by atoms with Crippen LogP contribution in [0.25, 0.3) is 0 Å². The van der Waals surface area contributed by atoms with E-state index in [0.29, 0.717) is 18.0 Å². The molecule has 25 heavy (non-hydrogen) atoms. The maximum Gasteiger partial charge on any atom is 0.264 e. The Hall–Kier alpha value is -2.09. The molecule has 2 aromatic rings. The van der Waals surface area contributed by atoms with Crippen LogP contribution in [0, 0.1) is 0 Å². The molecule has 0 saturated carbocycles. The van der Waals surface area contributed by atoms with Crippen LogP contribution < -0.4 is 9.04 Å². The molecule has 2 aromatic carbocycles. The number of rotatable bonds is 8. The Balaban J connectivity index is 2.40. The van der Waals surface area contributed by atoms with E-state index in [1.54, 1.807) is 61.7 Å². The predicted molar refractivity (Wildman–Crippen MR) is 98.5 cm³/mol. The number of aliphatic hydroxyl groups excluding tert-OH is 1. The van der Waals surface area contributed by atoms with Crippen molar-refractivity contribution in [2.45, 2.75) is 11.0 Å². The molecule has 0 saturated heterocycles. The van der Waals surface area contributed by atoms with Gasteiger partial charge in [-0.05, 0) is 50.5 Å². The van der Waals surface area contributed by atoms with E-state index in [0.717, 1.165) is 0 Å². The molecule has 0 bridgehead atoms. The summed E-state index contributed by atoms with van der Waals surface area (Å²) in [5, 5.41) is 10.3. The van der Waals surface area contributed by atoms with Crippen molar-refractivity contribution in [2.75, 3.05) is 38.6 Å². The number of methoxy groups -OCH3 is 1. The number of aliphatic hydroxyl groups is 1. The maximum atomic E-state index is 13.1. The Morgan fingerprint density at radius 1 is 1.00 bits per heavy atom. The van der Waals surface area contributed by atoms with E-state index in [9.17, 15) is 13.5 Å². The lowest BCUT2D eigenvalue weighted by molar-refractivity contribution is 0.145. The van der Waals surface area contributed by atoms with Crippen LogP contribution in [0.15, 0.2) is 59.5 Å². The summed E-state index contributed by atoms with van der Waals surface area (Å²) in [5.74, 6) is 0.634. The van der Waals surface area contributed by atoms with Crippen molar-refractivity contribution in [1.82, 2.24) is 4.90 Å². The van der Waals surface area contributed by atoms with Crippen LogP contribution in [-0.4, -0.2) is 58.8 Å². The molecule has 0 radical (unpaired) electrons. The van der Waals surface area contributed by atoms with Crippen LogP contribution in [0.3, 0.4) is 0 Å². The highest BCUT2D eigenvalue weighted by molar-refractivity contribution is 7.92. The fourth-order valence-electron chi connectivity index (χ4n) is 2.48. The molecule has 0 unspecified atom stereocenters. The van der Waals surface area contributed by atoms with Crippen LogP contribution in [0.2, 0.25) is 0 Å². The lowest BCUT2D eigenvalue weighted by Crippen LogP contribution is -2.41. The number of nitrogens with zero attached hydrogens (tertiary/aromatic N) is 2. The second kappa shape index (κ2) is 8.33. The SMILES string of the molecule is COc1ccc(N(C[C@@H](O)CN(C)C)S(=O)(=O)c2ccccc2)cc1. The normalized spacial score (nSPS) is 12.8. The van der Waals surface area contributed by atoms with E-state index in [1.165, 1.54) is 4.31 Å². The second-order valence-corrected chi connectivity index (χ2v) is 7.83. The van der Waals surface area contributed by atoms with Crippen LogP contribution in [0.4, 0.5) is 5.69 Å². The molecule has 0 aliphatic heterocycles. The predicted octanol–water partition coefficient (Wildman–Crippen LogP) is 1.81. The van der Waals surface area contributed by atoms with Crippen molar-refractivity contribution >= 4 is 15.7 Å². The Kier molecular flexibility index (Phi) is 6.41. The van der Waals surface area contributed by atoms with Crippen LogP contribution in [0.5, 0.6) is 5.75 Å². The molecule has 0 aromatic heterocycles. The lowest BCUT2D eigenvalue weighted by atomic mass is 10.2. The Morgan fingerprint density at radius 3 is 2.12 bits per heavy atom. The summed E-state index contributed by atoms with van der Waals surface area (Å²) >= 11 is 0. The molecule has 1 N–H and O–H groups in total. The van der Waals surface area contributed by atoms with Gasteiger partial charge in [0.25, 0.3) is 10.0 Å². The molecule has 7 heteroatoms. The van der Waals surface area contributed by atoms with Gasteiger partial charge in [-0.15, -0.1) is 0 Å². The number of anilines is 1. The first kappa shape index (κ1) is 19.2.